The zero-order valence-electron chi connectivity index (χ0n) is 9.86. The number of carboxylic acids is 1. The van der Waals surface area contributed by atoms with Crippen LogP contribution in [0.3, 0.4) is 0 Å². The summed E-state index contributed by atoms with van der Waals surface area (Å²) in [6.45, 7) is 3.53. The average Bonchev–Trinajstić information content (AvgIpc) is 2.13. The van der Waals surface area contributed by atoms with E-state index in [4.69, 9.17) is 25.4 Å². The first kappa shape index (κ1) is 18.2. The van der Waals surface area contributed by atoms with Crippen molar-refractivity contribution in [3.63, 3.8) is 0 Å². The third-order valence-corrected chi connectivity index (χ3v) is 1.97. The highest BCUT2D eigenvalue weighted by Gasteiger charge is 2.44. The Morgan fingerprint density at radius 1 is 1.18 bits per heavy atom. The smallest absolute Gasteiger partial charge is 0.479 e. The molecule has 8 heteroatoms. The predicted molar refractivity (Wildman–Crippen MR) is 60.0 cm³/mol. The Morgan fingerprint density at radius 3 is 1.65 bits per heavy atom. The normalized spacial score (nSPS) is 14.5. The second-order valence-corrected chi connectivity index (χ2v) is 3.87. The molecular formula is C9H17BO7. The monoisotopic (exact) mass is 248 g/mol. The van der Waals surface area contributed by atoms with Crippen LogP contribution in [-0.4, -0.2) is 55.9 Å². The van der Waals surface area contributed by atoms with E-state index in [2.05, 4.69) is 0 Å². The molecule has 0 aliphatic carbocycles. The fourth-order valence-electron chi connectivity index (χ4n) is 0.406. The summed E-state index contributed by atoms with van der Waals surface area (Å²) in [4.78, 5) is 19.7. The number of aliphatic carboxylic acids is 1. The molecule has 0 aromatic carbocycles. The van der Waals surface area contributed by atoms with Crippen LogP contribution in [0.15, 0.2) is 12.1 Å². The summed E-state index contributed by atoms with van der Waals surface area (Å²) in [5, 5.41) is 42.5. The third-order valence-electron chi connectivity index (χ3n) is 1.97. The molecule has 7 nitrogen and oxygen atoms in total. The molecule has 17 heavy (non-hydrogen) atoms. The molecule has 0 aromatic rings. The molecule has 0 saturated heterocycles. The van der Waals surface area contributed by atoms with Gasteiger partial charge in [-0.2, -0.15) is 0 Å². The first-order valence-electron chi connectivity index (χ1n) is 4.63. The van der Waals surface area contributed by atoms with Gasteiger partial charge in [-0.15, -0.1) is 0 Å². The molecule has 0 aromatic heterocycles. The second-order valence-electron chi connectivity index (χ2n) is 3.87. The highest BCUT2D eigenvalue weighted by Crippen LogP contribution is 2.20. The van der Waals surface area contributed by atoms with Crippen molar-refractivity contribution in [1.82, 2.24) is 0 Å². The maximum atomic E-state index is 10.3. The average molecular weight is 248 g/mol. The van der Waals surface area contributed by atoms with E-state index >= 15 is 0 Å². The molecular weight excluding hydrogens is 231 g/mol. The molecule has 1 atom stereocenters. The van der Waals surface area contributed by atoms with Crippen molar-refractivity contribution < 1.29 is 35.0 Å². The molecule has 5 N–H and O–H groups in total. The Bertz CT molecular complexity index is 278. The number of aldehydes is 1. The van der Waals surface area contributed by atoms with E-state index in [1.807, 2.05) is 0 Å². The Labute approximate surface area is 99.2 Å². The highest BCUT2D eigenvalue weighted by atomic mass is 16.4. The number of hydrogen-bond donors (Lipinski definition) is 5. The van der Waals surface area contributed by atoms with Gasteiger partial charge in [0.2, 0.25) is 0 Å². The molecule has 0 bridgehead atoms. The van der Waals surface area contributed by atoms with Crippen molar-refractivity contribution in [2.45, 2.75) is 32.0 Å². The molecule has 0 radical (unpaired) electrons. The van der Waals surface area contributed by atoms with E-state index in [0.717, 1.165) is 19.0 Å². The molecule has 98 valence electrons. The molecule has 0 aliphatic heterocycles. The zero-order chi connectivity index (χ0) is 14.3. The first-order chi connectivity index (χ1) is 7.46. The molecule has 0 spiro atoms. The van der Waals surface area contributed by atoms with Gasteiger partial charge in [0.05, 0.1) is 5.60 Å². The summed E-state index contributed by atoms with van der Waals surface area (Å²) in [6.07, 6.45) is 1.49. The fraction of sp³-hybridized carbons (Fsp3) is 0.556. The Balaban J connectivity index is 0. The van der Waals surface area contributed by atoms with Crippen LogP contribution in [0, 0.1) is 0 Å². The van der Waals surface area contributed by atoms with Gasteiger partial charge in [0.1, 0.15) is 6.29 Å². The van der Waals surface area contributed by atoms with Crippen molar-refractivity contribution in [3.8, 4) is 0 Å². The van der Waals surface area contributed by atoms with Crippen LogP contribution in [0.2, 0.25) is 0 Å². The number of hydrogen-bond acceptors (Lipinski definition) is 6. The van der Waals surface area contributed by atoms with Gasteiger partial charge in [0.25, 0.3) is 0 Å². The number of aliphatic hydroxyl groups is 2. The first-order valence-corrected chi connectivity index (χ1v) is 4.63. The number of carbonyl (C=O) groups is 2. The molecule has 0 saturated carbocycles. The Hall–Kier alpha value is -1.22. The maximum absolute atomic E-state index is 10.3. The van der Waals surface area contributed by atoms with E-state index in [1.54, 1.807) is 0 Å². The molecule has 0 aliphatic rings. The number of carboxylic acid groups (broad SMARTS) is 1. The van der Waals surface area contributed by atoms with Crippen molar-refractivity contribution in [3.05, 3.63) is 12.1 Å². The molecule has 1 unspecified atom stereocenters. The summed E-state index contributed by atoms with van der Waals surface area (Å²) in [6, 6.07) is 0. The lowest BCUT2D eigenvalue weighted by atomic mass is 9.88. The standard InChI is InChI=1S/C6H12O4.C3H5BO3/c1-5(2,9)6(3,10)4(7)8;5-3-1-2-4(6)7/h9-10H,1-3H3,(H,7,8);1-3,6-7H/b;2-1+. The number of allylic oxidation sites excluding steroid dienone is 1. The van der Waals surface area contributed by atoms with Crippen LogP contribution in [-0.2, 0) is 9.59 Å². The van der Waals surface area contributed by atoms with Gasteiger partial charge in [-0.1, -0.05) is 5.98 Å². The summed E-state index contributed by atoms with van der Waals surface area (Å²) < 4.78 is 0. The van der Waals surface area contributed by atoms with Crippen LogP contribution in [0.1, 0.15) is 20.8 Å². The second kappa shape index (κ2) is 7.18. The van der Waals surface area contributed by atoms with Crippen LogP contribution < -0.4 is 0 Å². The minimum Gasteiger partial charge on any atom is -0.479 e. The fourth-order valence-corrected chi connectivity index (χ4v) is 0.406. The molecule has 0 rings (SSSR count). The van der Waals surface area contributed by atoms with Gasteiger partial charge in [0, 0.05) is 0 Å². The van der Waals surface area contributed by atoms with Gasteiger partial charge in [-0.25, -0.2) is 4.79 Å². The topological polar surface area (TPSA) is 135 Å². The molecule has 0 fully saturated rings. The maximum Gasteiger partial charge on any atom is 0.480 e. The number of carbonyl (C=O) groups excluding carboxylic acids is 1. The van der Waals surface area contributed by atoms with Gasteiger partial charge in [-0.05, 0) is 26.8 Å². The summed E-state index contributed by atoms with van der Waals surface area (Å²) in [5.41, 5.74) is -3.72. The van der Waals surface area contributed by atoms with E-state index in [9.17, 15) is 9.59 Å². The minimum absolute atomic E-state index is 0.472. The SMILES string of the molecule is CC(C)(O)C(C)(O)C(=O)O.O=C/C=C/B(O)O. The minimum atomic E-state index is -2.09. The zero-order valence-corrected chi connectivity index (χ0v) is 9.86. The van der Waals surface area contributed by atoms with Gasteiger partial charge in [0.15, 0.2) is 5.60 Å². The predicted octanol–water partition coefficient (Wildman–Crippen LogP) is -1.65. The van der Waals surface area contributed by atoms with Gasteiger partial charge >= 0.3 is 13.1 Å². The summed E-state index contributed by atoms with van der Waals surface area (Å²) >= 11 is 0. The molecule has 0 heterocycles. The summed E-state index contributed by atoms with van der Waals surface area (Å²) in [7, 11) is -1.51. The largest absolute Gasteiger partial charge is 0.480 e. The van der Waals surface area contributed by atoms with Crippen molar-refractivity contribution in [1.29, 1.82) is 0 Å². The lowest BCUT2D eigenvalue weighted by Gasteiger charge is -2.30. The van der Waals surface area contributed by atoms with Crippen LogP contribution in [0.4, 0.5) is 0 Å². The number of rotatable bonds is 4. The van der Waals surface area contributed by atoms with E-state index < -0.39 is 24.3 Å². The Kier molecular flexibility index (Phi) is 7.67. The summed E-state index contributed by atoms with van der Waals surface area (Å²) in [5.74, 6) is -0.465. The van der Waals surface area contributed by atoms with Crippen LogP contribution in [0.25, 0.3) is 0 Å². The van der Waals surface area contributed by atoms with Crippen LogP contribution in [0.5, 0.6) is 0 Å². The lowest BCUT2D eigenvalue weighted by molar-refractivity contribution is -0.181. The van der Waals surface area contributed by atoms with E-state index in [1.165, 1.54) is 13.8 Å². The third kappa shape index (κ3) is 7.64. The van der Waals surface area contributed by atoms with Crippen molar-refractivity contribution in [2.24, 2.45) is 0 Å². The van der Waals surface area contributed by atoms with E-state index in [-0.39, 0.29) is 0 Å². The Morgan fingerprint density at radius 2 is 1.59 bits per heavy atom. The van der Waals surface area contributed by atoms with Crippen molar-refractivity contribution >= 4 is 19.4 Å². The van der Waals surface area contributed by atoms with E-state index in [0.29, 0.717) is 6.29 Å². The van der Waals surface area contributed by atoms with Crippen LogP contribution >= 0.6 is 0 Å². The highest BCUT2D eigenvalue weighted by molar-refractivity contribution is 6.47. The molecule has 0 amide bonds. The van der Waals surface area contributed by atoms with Crippen molar-refractivity contribution in [2.75, 3.05) is 0 Å². The quantitative estimate of drug-likeness (QED) is 0.228. The van der Waals surface area contributed by atoms with Gasteiger partial charge in [-0.3, -0.25) is 4.79 Å². The van der Waals surface area contributed by atoms with Gasteiger partial charge < -0.3 is 25.4 Å². The lowest BCUT2D eigenvalue weighted by Crippen LogP contribution is -2.53.